The molecule has 1 aliphatic heterocycles. The molecule has 22 heavy (non-hydrogen) atoms. The molecule has 0 aromatic rings. The van der Waals surface area contributed by atoms with Crippen LogP contribution in [0.2, 0.25) is 0 Å². The second-order valence-electron chi connectivity index (χ2n) is 4.71. The Morgan fingerprint density at radius 1 is 1.14 bits per heavy atom. The number of halogens is 2. The smallest absolute Gasteiger partial charge is 0.343 e. The standard InChI is InChI=1S/C10H21Cl2N2O7P/c11-1-3-13-22(19,20)14(4-2-12)10-9(18)8(17)7(16)6(5-15)21-10/h6-10,15-18H,1-5H2,(H2,13,19,20)/t6-,7-,8+,9-,10+/m1/s1. The lowest BCUT2D eigenvalue weighted by atomic mass is 9.98. The highest BCUT2D eigenvalue weighted by atomic mass is 35.5. The highest BCUT2D eigenvalue weighted by Gasteiger charge is 2.49. The van der Waals surface area contributed by atoms with Crippen LogP contribution in [0.1, 0.15) is 0 Å². The van der Waals surface area contributed by atoms with Gasteiger partial charge in [-0.15, -0.1) is 23.2 Å². The highest BCUT2D eigenvalue weighted by Crippen LogP contribution is 2.44. The highest BCUT2D eigenvalue weighted by molar-refractivity contribution is 7.53. The predicted octanol–water partition coefficient (Wildman–Crippen LogP) is -1.74. The molecule has 0 aliphatic carbocycles. The van der Waals surface area contributed by atoms with E-state index in [0.29, 0.717) is 0 Å². The van der Waals surface area contributed by atoms with Crippen molar-refractivity contribution in [3.63, 3.8) is 0 Å². The molecule has 12 heteroatoms. The van der Waals surface area contributed by atoms with Crippen LogP contribution in [0, 0.1) is 0 Å². The summed E-state index contributed by atoms with van der Waals surface area (Å²) in [5.41, 5.74) is 0. The molecule has 9 nitrogen and oxygen atoms in total. The van der Waals surface area contributed by atoms with Crippen molar-refractivity contribution in [2.24, 2.45) is 0 Å². The largest absolute Gasteiger partial charge is 0.394 e. The van der Waals surface area contributed by atoms with Gasteiger partial charge in [0.2, 0.25) is 0 Å². The second-order valence-corrected chi connectivity index (χ2v) is 7.39. The lowest BCUT2D eigenvalue weighted by molar-refractivity contribution is -0.253. The third-order valence-corrected chi connectivity index (χ3v) is 5.35. The first kappa shape index (κ1) is 20.5. The first-order chi connectivity index (χ1) is 10.3. The van der Waals surface area contributed by atoms with Crippen LogP contribution >= 0.6 is 30.9 Å². The van der Waals surface area contributed by atoms with Gasteiger partial charge >= 0.3 is 7.67 Å². The normalized spacial score (nSPS) is 35.5. The second kappa shape index (κ2) is 9.10. The first-order valence-electron chi connectivity index (χ1n) is 6.57. The van der Waals surface area contributed by atoms with Crippen LogP contribution in [-0.2, 0) is 9.30 Å². The quantitative estimate of drug-likeness (QED) is 0.213. The molecular weight excluding hydrogens is 362 g/mol. The van der Waals surface area contributed by atoms with Crippen molar-refractivity contribution in [2.75, 3.05) is 31.5 Å². The van der Waals surface area contributed by atoms with E-state index in [4.69, 9.17) is 33.0 Å². The van der Waals surface area contributed by atoms with Gasteiger partial charge in [-0.3, -0.25) is 4.57 Å². The molecule has 0 spiro atoms. The number of hydrogen-bond donors (Lipinski definition) is 6. The zero-order chi connectivity index (χ0) is 16.9. The van der Waals surface area contributed by atoms with Gasteiger partial charge in [-0.05, 0) is 0 Å². The minimum absolute atomic E-state index is 0.0194. The van der Waals surface area contributed by atoms with E-state index in [-0.39, 0.29) is 24.8 Å². The van der Waals surface area contributed by atoms with Crippen LogP contribution in [0.25, 0.3) is 0 Å². The van der Waals surface area contributed by atoms with Gasteiger partial charge in [0.15, 0.2) is 0 Å². The SMILES string of the molecule is O=P(O)(NCCCl)N(CCCl)[C@H]1O[C@H](CO)[C@@H](O)[C@H](O)[C@H]1O. The van der Waals surface area contributed by atoms with Crippen LogP contribution in [0.4, 0.5) is 0 Å². The Balaban J connectivity index is 3.00. The van der Waals surface area contributed by atoms with Gasteiger partial charge in [-0.25, -0.2) is 5.09 Å². The summed E-state index contributed by atoms with van der Waals surface area (Å²) in [4.78, 5) is 10.1. The molecule has 0 saturated carbocycles. The minimum Gasteiger partial charge on any atom is -0.394 e. The van der Waals surface area contributed by atoms with E-state index in [1.54, 1.807) is 0 Å². The van der Waals surface area contributed by atoms with E-state index in [1.165, 1.54) is 0 Å². The summed E-state index contributed by atoms with van der Waals surface area (Å²) in [7, 11) is -4.17. The fourth-order valence-corrected chi connectivity index (χ4v) is 4.09. The number of nitrogens with one attached hydrogen (secondary N) is 1. The van der Waals surface area contributed by atoms with Crippen LogP contribution < -0.4 is 5.09 Å². The molecular formula is C10H21Cl2N2O7P. The molecule has 1 heterocycles. The maximum atomic E-state index is 12.3. The van der Waals surface area contributed by atoms with Crippen molar-refractivity contribution in [1.82, 2.24) is 9.76 Å². The molecule has 6 N–H and O–H groups in total. The maximum absolute atomic E-state index is 12.3. The van der Waals surface area contributed by atoms with E-state index in [1.807, 2.05) is 0 Å². The van der Waals surface area contributed by atoms with Gasteiger partial charge in [-0.2, -0.15) is 4.67 Å². The van der Waals surface area contributed by atoms with Crippen LogP contribution in [0.15, 0.2) is 0 Å². The lowest BCUT2D eigenvalue weighted by Crippen LogP contribution is -2.63. The van der Waals surface area contributed by atoms with Gasteiger partial charge < -0.3 is 30.1 Å². The van der Waals surface area contributed by atoms with Crippen LogP contribution in [0.5, 0.6) is 0 Å². The Morgan fingerprint density at radius 2 is 1.77 bits per heavy atom. The molecule has 0 aromatic heterocycles. The van der Waals surface area contributed by atoms with Crippen LogP contribution in [0.3, 0.4) is 0 Å². The third kappa shape index (κ3) is 4.75. The minimum atomic E-state index is -4.17. The molecule has 0 amide bonds. The summed E-state index contributed by atoms with van der Waals surface area (Å²) in [6.07, 6.45) is -7.49. The number of aliphatic hydroxyl groups excluding tert-OH is 4. The lowest BCUT2D eigenvalue weighted by Gasteiger charge is -2.45. The molecule has 1 aliphatic rings. The predicted molar refractivity (Wildman–Crippen MR) is 79.7 cm³/mol. The fraction of sp³-hybridized carbons (Fsp3) is 1.00. The Kier molecular flexibility index (Phi) is 8.49. The third-order valence-electron chi connectivity index (χ3n) is 3.23. The average molecular weight is 383 g/mol. The number of nitrogens with zero attached hydrogens (tertiary/aromatic N) is 1. The Morgan fingerprint density at radius 3 is 2.27 bits per heavy atom. The van der Waals surface area contributed by atoms with Crippen molar-refractivity contribution in [3.8, 4) is 0 Å². The number of aliphatic hydroxyl groups is 4. The Labute approximate surface area is 138 Å². The fourth-order valence-electron chi connectivity index (χ4n) is 2.11. The summed E-state index contributed by atoms with van der Waals surface area (Å²) in [6.45, 7) is -0.764. The zero-order valence-electron chi connectivity index (χ0n) is 11.6. The topological polar surface area (TPSA) is 143 Å². The van der Waals surface area contributed by atoms with Crippen molar-refractivity contribution < 1.29 is 34.6 Å². The van der Waals surface area contributed by atoms with Crippen molar-refractivity contribution in [3.05, 3.63) is 0 Å². The molecule has 1 saturated heterocycles. The van der Waals surface area contributed by atoms with E-state index < -0.39 is 44.9 Å². The van der Waals surface area contributed by atoms with Crippen molar-refractivity contribution in [1.29, 1.82) is 0 Å². The summed E-state index contributed by atoms with van der Waals surface area (Å²) in [6, 6.07) is 0. The molecule has 0 bridgehead atoms. The van der Waals surface area contributed by atoms with Gasteiger partial charge in [0.1, 0.15) is 30.6 Å². The molecule has 1 rings (SSSR count). The summed E-state index contributed by atoms with van der Waals surface area (Å²) >= 11 is 11.1. The van der Waals surface area contributed by atoms with Crippen molar-refractivity contribution >= 4 is 30.9 Å². The average Bonchev–Trinajstić information content (AvgIpc) is 2.49. The summed E-state index contributed by atoms with van der Waals surface area (Å²) in [5.74, 6) is 0.0239. The molecule has 1 fully saturated rings. The van der Waals surface area contributed by atoms with Gasteiger partial charge in [0, 0.05) is 24.8 Å². The van der Waals surface area contributed by atoms with Crippen LogP contribution in [-0.4, -0.2) is 92.1 Å². The number of rotatable bonds is 8. The maximum Gasteiger partial charge on any atom is 0.343 e. The number of hydrogen-bond acceptors (Lipinski definition) is 6. The molecule has 132 valence electrons. The van der Waals surface area contributed by atoms with Crippen molar-refractivity contribution in [2.45, 2.75) is 30.6 Å². The molecule has 6 atom stereocenters. The van der Waals surface area contributed by atoms with Gasteiger partial charge in [0.05, 0.1) is 6.61 Å². The summed E-state index contributed by atoms with van der Waals surface area (Å²) < 4.78 is 18.5. The molecule has 0 radical (unpaired) electrons. The molecule has 0 aromatic carbocycles. The summed E-state index contributed by atoms with van der Waals surface area (Å²) in [5, 5.41) is 41.0. The molecule has 1 unspecified atom stereocenters. The van der Waals surface area contributed by atoms with Gasteiger partial charge in [0.25, 0.3) is 0 Å². The van der Waals surface area contributed by atoms with Gasteiger partial charge in [-0.1, -0.05) is 0 Å². The van der Waals surface area contributed by atoms with E-state index >= 15 is 0 Å². The Hall–Kier alpha value is 0.490. The van der Waals surface area contributed by atoms with E-state index in [0.717, 1.165) is 4.67 Å². The first-order valence-corrected chi connectivity index (χ1v) is 9.25. The zero-order valence-corrected chi connectivity index (χ0v) is 14.0. The number of ether oxygens (including phenoxy) is 1. The van der Waals surface area contributed by atoms with E-state index in [2.05, 4.69) is 5.09 Å². The Bertz CT molecular complexity index is 392. The number of alkyl halides is 2. The monoisotopic (exact) mass is 382 g/mol. The van der Waals surface area contributed by atoms with E-state index in [9.17, 15) is 24.8 Å².